The van der Waals surface area contributed by atoms with Crippen LogP contribution in [0.4, 0.5) is 10.8 Å². The molecule has 208 valence electrons. The van der Waals surface area contributed by atoms with E-state index < -0.39 is 10.0 Å². The van der Waals surface area contributed by atoms with Gasteiger partial charge in [-0.1, -0.05) is 22.6 Å². The monoisotopic (exact) mass is 583 g/mol. The second-order valence-electron chi connectivity index (χ2n) is 8.61. The molecule has 0 radical (unpaired) electrons. The molecule has 2 aromatic carbocycles. The number of piperazine rings is 1. The molecule has 1 aliphatic rings. The number of anilines is 2. The third-order valence-electron chi connectivity index (χ3n) is 6.38. The van der Waals surface area contributed by atoms with E-state index in [-0.39, 0.29) is 28.1 Å². The first kappa shape index (κ1) is 27.1. The summed E-state index contributed by atoms with van der Waals surface area (Å²) in [5.41, 5.74) is 1.01. The molecule has 1 fully saturated rings. The van der Waals surface area contributed by atoms with E-state index in [0.29, 0.717) is 53.5 Å². The summed E-state index contributed by atoms with van der Waals surface area (Å²) >= 11 is 1.47. The number of aromatic nitrogens is 2. The molecule has 0 aliphatic carbocycles. The van der Waals surface area contributed by atoms with Crippen LogP contribution < -0.4 is 23.8 Å². The number of thiazole rings is 1. The highest BCUT2D eigenvalue weighted by atomic mass is 32.2. The number of ether oxygens (including phenoxy) is 3. The zero-order chi connectivity index (χ0) is 28.4. The molecule has 1 amide bonds. The van der Waals surface area contributed by atoms with Crippen LogP contribution in [0.15, 0.2) is 45.9 Å². The molecule has 4 aromatic rings. The van der Waals surface area contributed by atoms with Gasteiger partial charge in [0.1, 0.15) is 32.6 Å². The lowest BCUT2D eigenvalue weighted by atomic mass is 10.1. The zero-order valence-corrected chi connectivity index (χ0v) is 23.5. The Balaban J connectivity index is 1.43. The maximum absolute atomic E-state index is 13.4. The molecule has 1 aliphatic heterocycles. The molecule has 0 spiro atoms. The number of sulfonamides is 1. The average Bonchev–Trinajstić information content (AvgIpc) is 3.63. The highest BCUT2D eigenvalue weighted by Crippen LogP contribution is 2.41. The van der Waals surface area contributed by atoms with Gasteiger partial charge in [0.2, 0.25) is 0 Å². The van der Waals surface area contributed by atoms with Gasteiger partial charge in [-0.05, 0) is 30.2 Å². The second-order valence-corrected chi connectivity index (χ2v) is 11.2. The van der Waals surface area contributed by atoms with Gasteiger partial charge in [0, 0.05) is 31.7 Å². The topological polar surface area (TPSA) is 136 Å². The van der Waals surface area contributed by atoms with Crippen molar-refractivity contribution in [2.75, 3.05) is 57.1 Å². The summed E-state index contributed by atoms with van der Waals surface area (Å²) in [5, 5.41) is 5.96. The molecule has 0 saturated carbocycles. The number of hydrogen-bond donors (Lipinski definition) is 1. The van der Waals surface area contributed by atoms with E-state index in [1.54, 1.807) is 29.3 Å². The number of nitrogens with one attached hydrogen (secondary N) is 1. The molecule has 5 rings (SSSR count). The predicted molar refractivity (Wildman–Crippen MR) is 150 cm³/mol. The Morgan fingerprint density at radius 2 is 1.75 bits per heavy atom. The third-order valence-corrected chi connectivity index (χ3v) is 8.89. The maximum Gasteiger partial charge on any atom is 0.298 e. The van der Waals surface area contributed by atoms with E-state index in [0.717, 1.165) is 5.00 Å². The molecule has 14 heteroatoms. The van der Waals surface area contributed by atoms with E-state index in [2.05, 4.69) is 25.7 Å². The number of rotatable bonds is 8. The summed E-state index contributed by atoms with van der Waals surface area (Å²) in [6, 6.07) is 8.12. The van der Waals surface area contributed by atoms with Gasteiger partial charge in [0.05, 0.1) is 27.5 Å². The third kappa shape index (κ3) is 4.96. The van der Waals surface area contributed by atoms with Gasteiger partial charge in [-0.25, -0.2) is 13.4 Å². The largest absolute Gasteiger partial charge is 0.496 e. The Morgan fingerprint density at radius 1 is 1.07 bits per heavy atom. The number of fused-ring (bicyclic) bond motifs is 1. The summed E-state index contributed by atoms with van der Waals surface area (Å²) in [6.45, 7) is 2.35. The van der Waals surface area contributed by atoms with Gasteiger partial charge in [-0.3, -0.25) is 9.52 Å². The maximum atomic E-state index is 13.4. The molecule has 2 aromatic heterocycles. The van der Waals surface area contributed by atoms with E-state index in [4.69, 9.17) is 25.2 Å². The Kier molecular flexibility index (Phi) is 7.42. The first-order chi connectivity index (χ1) is 19.3. The summed E-state index contributed by atoms with van der Waals surface area (Å²) < 4.78 is 50.8. The number of hydrogen-bond acceptors (Lipinski definition) is 11. The van der Waals surface area contributed by atoms with Crippen LogP contribution >= 0.6 is 11.3 Å². The molecular weight excluding hydrogens is 558 g/mol. The number of terminal acetylenes is 1. The van der Waals surface area contributed by atoms with Gasteiger partial charge >= 0.3 is 0 Å². The van der Waals surface area contributed by atoms with Gasteiger partial charge in [-0.2, -0.15) is 0 Å². The molecular formula is C26H25N5O7S2. The number of carbonyl (C=O) groups excluding carboxylic acids is 1. The van der Waals surface area contributed by atoms with Crippen molar-refractivity contribution >= 4 is 49.1 Å². The van der Waals surface area contributed by atoms with Crippen LogP contribution in [0.25, 0.3) is 21.5 Å². The van der Waals surface area contributed by atoms with Crippen molar-refractivity contribution in [1.82, 2.24) is 15.0 Å². The van der Waals surface area contributed by atoms with Crippen LogP contribution in [-0.4, -0.2) is 76.9 Å². The van der Waals surface area contributed by atoms with Crippen LogP contribution in [-0.2, 0) is 14.8 Å². The standard InChI is InChI=1S/C26H25N5O7S2/c1-5-21(32)30-9-11-31(12-10-30)22-15-27-26(39-22)16-13-19(37-4)23-20(14-16)38-28-25(23)29-40(33,34)24-17(35-2)7-6-8-18(24)36-3/h1,6-8,13-15H,9-12H2,2-4H3,(H,28,29). The van der Waals surface area contributed by atoms with Crippen molar-refractivity contribution in [1.29, 1.82) is 0 Å². The lowest BCUT2D eigenvalue weighted by molar-refractivity contribution is -0.125. The Labute approximate surface area is 234 Å². The van der Waals surface area contributed by atoms with E-state index in [1.165, 1.54) is 44.8 Å². The lowest BCUT2D eigenvalue weighted by Crippen LogP contribution is -2.48. The summed E-state index contributed by atoms with van der Waals surface area (Å²) in [7, 11) is 0.0109. The van der Waals surface area contributed by atoms with E-state index in [9.17, 15) is 13.2 Å². The average molecular weight is 584 g/mol. The molecule has 0 unspecified atom stereocenters. The van der Waals surface area contributed by atoms with Crippen molar-refractivity contribution in [3.8, 4) is 40.2 Å². The Hall–Kier alpha value is -4.48. The van der Waals surface area contributed by atoms with Crippen molar-refractivity contribution in [3.05, 3.63) is 36.5 Å². The van der Waals surface area contributed by atoms with Gasteiger partial charge in [0.25, 0.3) is 15.9 Å². The first-order valence-corrected chi connectivity index (χ1v) is 14.3. The smallest absolute Gasteiger partial charge is 0.298 e. The predicted octanol–water partition coefficient (Wildman–Crippen LogP) is 3.06. The van der Waals surface area contributed by atoms with Crippen LogP contribution in [0.5, 0.6) is 17.2 Å². The minimum absolute atomic E-state index is 0.0504. The zero-order valence-electron chi connectivity index (χ0n) is 21.8. The number of carbonyl (C=O) groups is 1. The van der Waals surface area contributed by atoms with Crippen LogP contribution in [0.2, 0.25) is 0 Å². The molecule has 3 heterocycles. The van der Waals surface area contributed by atoms with Crippen LogP contribution in [0.1, 0.15) is 0 Å². The lowest BCUT2D eigenvalue weighted by Gasteiger charge is -2.33. The first-order valence-electron chi connectivity index (χ1n) is 12.0. The minimum atomic E-state index is -4.20. The van der Waals surface area contributed by atoms with Gasteiger partial charge < -0.3 is 28.5 Å². The van der Waals surface area contributed by atoms with Crippen molar-refractivity contribution in [3.63, 3.8) is 0 Å². The van der Waals surface area contributed by atoms with Gasteiger partial charge in [0.15, 0.2) is 16.3 Å². The van der Waals surface area contributed by atoms with Crippen LogP contribution in [0.3, 0.4) is 0 Å². The van der Waals surface area contributed by atoms with Crippen molar-refractivity contribution < 1.29 is 31.9 Å². The fraction of sp³-hybridized carbons (Fsp3) is 0.269. The molecule has 12 nitrogen and oxygen atoms in total. The number of methoxy groups -OCH3 is 3. The van der Waals surface area contributed by atoms with Crippen molar-refractivity contribution in [2.45, 2.75) is 4.90 Å². The summed E-state index contributed by atoms with van der Waals surface area (Å²) in [5.74, 6) is 2.36. The molecule has 1 saturated heterocycles. The summed E-state index contributed by atoms with van der Waals surface area (Å²) in [4.78, 5) is 19.9. The normalized spacial score (nSPS) is 13.7. The summed E-state index contributed by atoms with van der Waals surface area (Å²) in [6.07, 6.45) is 7.01. The second kappa shape index (κ2) is 10.9. The van der Waals surface area contributed by atoms with Gasteiger partial charge in [-0.15, -0.1) is 6.42 Å². The Morgan fingerprint density at radius 3 is 2.38 bits per heavy atom. The fourth-order valence-electron chi connectivity index (χ4n) is 4.42. The fourth-order valence-corrected chi connectivity index (χ4v) is 6.70. The number of nitrogens with zero attached hydrogens (tertiary/aromatic N) is 4. The SMILES string of the molecule is C#CC(=O)N1CCN(c2cnc(-c3cc(OC)c4c(NS(=O)(=O)c5c(OC)cccc5OC)noc4c3)s2)CC1. The molecule has 0 bridgehead atoms. The quantitative estimate of drug-likeness (QED) is 0.308. The Bertz CT molecular complexity index is 1690. The van der Waals surface area contributed by atoms with Crippen LogP contribution in [0, 0.1) is 12.3 Å². The number of amides is 1. The van der Waals surface area contributed by atoms with E-state index >= 15 is 0 Å². The highest BCUT2D eigenvalue weighted by Gasteiger charge is 2.28. The molecule has 40 heavy (non-hydrogen) atoms. The number of benzene rings is 2. The molecule has 1 N–H and O–H groups in total. The minimum Gasteiger partial charge on any atom is -0.496 e. The van der Waals surface area contributed by atoms with E-state index in [1.807, 2.05) is 0 Å². The molecule has 0 atom stereocenters. The highest BCUT2D eigenvalue weighted by molar-refractivity contribution is 7.93. The van der Waals surface area contributed by atoms with Crippen molar-refractivity contribution in [2.24, 2.45) is 0 Å².